The third-order valence-corrected chi connectivity index (χ3v) is 3.51. The van der Waals surface area contributed by atoms with Crippen LogP contribution in [0, 0.1) is 11.2 Å². The first-order valence-electron chi connectivity index (χ1n) is 6.86. The van der Waals surface area contributed by atoms with Gasteiger partial charge in [-0.15, -0.1) is 0 Å². The molecule has 0 aliphatic carbocycles. The first kappa shape index (κ1) is 15.4. The van der Waals surface area contributed by atoms with E-state index in [0.717, 1.165) is 4.90 Å². The lowest BCUT2D eigenvalue weighted by atomic mass is 9.81. The third-order valence-electron chi connectivity index (χ3n) is 3.51. The number of carbonyl (C=O) groups is 3. The van der Waals surface area contributed by atoms with Crippen LogP contribution in [0.3, 0.4) is 0 Å². The van der Waals surface area contributed by atoms with Crippen molar-refractivity contribution in [3.05, 3.63) is 35.6 Å². The monoisotopic (exact) mass is 291 g/mol. The molecule has 0 unspecified atom stereocenters. The van der Waals surface area contributed by atoms with E-state index in [4.69, 9.17) is 0 Å². The lowest BCUT2D eigenvalue weighted by Gasteiger charge is -2.34. The van der Waals surface area contributed by atoms with Gasteiger partial charge in [0.1, 0.15) is 5.82 Å². The number of nitrogens with zero attached hydrogens (tertiary/aromatic N) is 1. The van der Waals surface area contributed by atoms with Gasteiger partial charge in [0, 0.05) is 19.3 Å². The van der Waals surface area contributed by atoms with Gasteiger partial charge in [-0.25, -0.2) is 4.39 Å². The molecule has 1 aromatic carbocycles. The predicted octanol–water partition coefficient (Wildman–Crippen LogP) is 2.11. The van der Waals surface area contributed by atoms with Crippen molar-refractivity contribution in [2.75, 3.05) is 6.54 Å². The number of piperidine rings is 1. The number of carbonyl (C=O) groups excluding carboxylic acids is 3. The van der Waals surface area contributed by atoms with E-state index in [9.17, 15) is 18.8 Å². The molecule has 0 saturated carbocycles. The van der Waals surface area contributed by atoms with Crippen molar-refractivity contribution in [2.45, 2.75) is 33.1 Å². The van der Waals surface area contributed by atoms with Gasteiger partial charge in [0.15, 0.2) is 5.78 Å². The molecular formula is C16H18FNO3. The van der Waals surface area contributed by atoms with Crippen molar-refractivity contribution in [3.8, 4) is 0 Å². The van der Waals surface area contributed by atoms with Gasteiger partial charge in [-0.1, -0.05) is 26.0 Å². The molecule has 1 aromatic rings. The zero-order chi connectivity index (χ0) is 15.6. The summed E-state index contributed by atoms with van der Waals surface area (Å²) in [5.41, 5.74) is 0.323. The number of amides is 2. The fraction of sp³-hybridized carbons (Fsp3) is 0.438. The molecule has 1 aliphatic heterocycles. The van der Waals surface area contributed by atoms with Gasteiger partial charge >= 0.3 is 0 Å². The number of rotatable bonds is 4. The Bertz CT molecular complexity index is 558. The molecule has 5 heteroatoms. The van der Waals surface area contributed by atoms with E-state index >= 15 is 0 Å². The number of hydrogen-bond donors (Lipinski definition) is 0. The third kappa shape index (κ3) is 3.97. The summed E-state index contributed by atoms with van der Waals surface area (Å²) in [5, 5.41) is 0. The van der Waals surface area contributed by atoms with E-state index < -0.39 is 0 Å². The Balaban J connectivity index is 1.98. The first-order valence-corrected chi connectivity index (χ1v) is 6.86. The van der Waals surface area contributed by atoms with Crippen molar-refractivity contribution in [1.29, 1.82) is 0 Å². The highest BCUT2D eigenvalue weighted by Crippen LogP contribution is 2.31. The average molecular weight is 291 g/mol. The molecule has 2 rings (SSSR count). The van der Waals surface area contributed by atoms with Crippen molar-refractivity contribution in [3.63, 3.8) is 0 Å². The van der Waals surface area contributed by atoms with Crippen LogP contribution in [0.1, 0.15) is 32.3 Å². The molecule has 1 heterocycles. The Hall–Kier alpha value is -2.04. The summed E-state index contributed by atoms with van der Waals surface area (Å²) in [6.45, 7) is 3.52. The van der Waals surface area contributed by atoms with Gasteiger partial charge < -0.3 is 0 Å². The zero-order valence-corrected chi connectivity index (χ0v) is 12.2. The lowest BCUT2D eigenvalue weighted by molar-refractivity contribution is -0.154. The van der Waals surface area contributed by atoms with Crippen molar-refractivity contribution in [2.24, 2.45) is 5.41 Å². The summed E-state index contributed by atoms with van der Waals surface area (Å²) in [5.74, 6) is -1.20. The molecule has 0 radical (unpaired) electrons. The molecule has 0 N–H and O–H groups in total. The summed E-state index contributed by atoms with van der Waals surface area (Å²) in [6.07, 6.45) is 0.617. The minimum Gasteiger partial charge on any atom is -0.297 e. The zero-order valence-electron chi connectivity index (χ0n) is 12.2. The number of benzene rings is 1. The summed E-state index contributed by atoms with van der Waals surface area (Å²) in [4.78, 5) is 36.9. The van der Waals surface area contributed by atoms with Gasteiger partial charge in [-0.3, -0.25) is 19.3 Å². The standard InChI is InChI=1S/C16H18FNO3/c1-16(2)8-14(20)18(15(21)9-16)10-13(19)7-11-3-5-12(17)6-4-11/h3-6H,7-10H2,1-2H3. The van der Waals surface area contributed by atoms with Crippen LogP contribution in [0.5, 0.6) is 0 Å². The number of halogens is 1. The minimum atomic E-state index is -0.366. The molecule has 1 fully saturated rings. The molecule has 0 spiro atoms. The number of likely N-dealkylation sites (tertiary alicyclic amines) is 1. The Kier molecular flexibility index (Phi) is 4.21. The molecule has 4 nitrogen and oxygen atoms in total. The number of Topliss-reactive ketones (excluding diaryl/α,β-unsaturated/α-hetero) is 1. The molecule has 0 atom stereocenters. The van der Waals surface area contributed by atoms with Gasteiger partial charge in [0.2, 0.25) is 11.8 Å². The summed E-state index contributed by atoms with van der Waals surface area (Å²) in [6, 6.07) is 5.61. The maximum Gasteiger partial charge on any atom is 0.230 e. The molecule has 0 aromatic heterocycles. The normalized spacial score (nSPS) is 18.0. The maximum atomic E-state index is 12.8. The van der Waals surface area contributed by atoms with E-state index in [1.165, 1.54) is 24.3 Å². The van der Waals surface area contributed by atoms with E-state index in [1.807, 2.05) is 13.8 Å². The fourth-order valence-electron chi connectivity index (χ4n) is 2.45. The molecule has 21 heavy (non-hydrogen) atoms. The molecule has 2 amide bonds. The number of ketones is 1. The fourth-order valence-corrected chi connectivity index (χ4v) is 2.45. The van der Waals surface area contributed by atoms with Gasteiger partial charge in [-0.05, 0) is 23.1 Å². The van der Waals surface area contributed by atoms with Crippen LogP contribution in [-0.2, 0) is 20.8 Å². The summed E-state index contributed by atoms with van der Waals surface area (Å²) in [7, 11) is 0. The topological polar surface area (TPSA) is 54.5 Å². The molecule has 1 saturated heterocycles. The van der Waals surface area contributed by atoms with Crippen molar-refractivity contribution >= 4 is 17.6 Å². The van der Waals surface area contributed by atoms with Crippen LogP contribution < -0.4 is 0 Å². The number of hydrogen-bond acceptors (Lipinski definition) is 3. The second kappa shape index (κ2) is 5.76. The van der Waals surface area contributed by atoms with Crippen LogP contribution in [0.2, 0.25) is 0 Å². The smallest absolute Gasteiger partial charge is 0.230 e. The Morgan fingerprint density at radius 1 is 1.14 bits per heavy atom. The summed E-state index contributed by atoms with van der Waals surface area (Å²) < 4.78 is 12.8. The van der Waals surface area contributed by atoms with Crippen LogP contribution >= 0.6 is 0 Å². The van der Waals surface area contributed by atoms with Crippen LogP contribution in [0.15, 0.2) is 24.3 Å². The van der Waals surface area contributed by atoms with E-state index in [0.29, 0.717) is 5.56 Å². The maximum absolute atomic E-state index is 12.8. The van der Waals surface area contributed by atoms with Crippen LogP contribution in [0.25, 0.3) is 0 Å². The second-order valence-corrected chi connectivity index (χ2v) is 6.23. The lowest BCUT2D eigenvalue weighted by Crippen LogP contribution is -2.48. The van der Waals surface area contributed by atoms with E-state index in [-0.39, 0.29) is 54.6 Å². The molecule has 1 aliphatic rings. The van der Waals surface area contributed by atoms with Crippen molar-refractivity contribution in [1.82, 2.24) is 4.90 Å². The van der Waals surface area contributed by atoms with E-state index in [2.05, 4.69) is 0 Å². The van der Waals surface area contributed by atoms with Crippen LogP contribution in [0.4, 0.5) is 4.39 Å². The largest absolute Gasteiger partial charge is 0.297 e. The van der Waals surface area contributed by atoms with E-state index in [1.54, 1.807) is 0 Å². The first-order chi connectivity index (χ1) is 9.77. The van der Waals surface area contributed by atoms with Crippen LogP contribution in [-0.4, -0.2) is 29.0 Å². The minimum absolute atomic E-state index is 0.0841. The van der Waals surface area contributed by atoms with Gasteiger partial charge in [-0.2, -0.15) is 0 Å². The van der Waals surface area contributed by atoms with Gasteiger partial charge in [0.05, 0.1) is 6.54 Å². The van der Waals surface area contributed by atoms with Crippen molar-refractivity contribution < 1.29 is 18.8 Å². The Morgan fingerprint density at radius 3 is 2.19 bits per heavy atom. The molecular weight excluding hydrogens is 273 g/mol. The quantitative estimate of drug-likeness (QED) is 0.798. The predicted molar refractivity (Wildman–Crippen MR) is 74.8 cm³/mol. The molecule has 0 bridgehead atoms. The summed E-state index contributed by atoms with van der Waals surface area (Å²) >= 11 is 0. The average Bonchev–Trinajstić information content (AvgIpc) is 2.36. The SMILES string of the molecule is CC1(C)CC(=O)N(CC(=O)Cc2ccc(F)cc2)C(=O)C1. The Morgan fingerprint density at radius 2 is 1.67 bits per heavy atom. The Labute approximate surface area is 122 Å². The highest BCUT2D eigenvalue weighted by atomic mass is 19.1. The number of imide groups is 1. The highest BCUT2D eigenvalue weighted by molar-refractivity contribution is 6.02. The van der Waals surface area contributed by atoms with Gasteiger partial charge in [0.25, 0.3) is 0 Å². The highest BCUT2D eigenvalue weighted by Gasteiger charge is 2.37. The molecule has 112 valence electrons. The second-order valence-electron chi connectivity index (χ2n) is 6.23.